The van der Waals surface area contributed by atoms with Gasteiger partial charge in [-0.15, -0.1) is 0 Å². The summed E-state index contributed by atoms with van der Waals surface area (Å²) < 4.78 is 68.6. The second-order valence-corrected chi connectivity index (χ2v) is 32.2. The smallest absolute Gasteiger partial charge is 0.462 e. The number of phosphoric acid groups is 2. The fraction of sp³-hybridized carbons (Fsp3) is 0.949. The zero-order valence-electron chi connectivity index (χ0n) is 63.5. The molecule has 0 aromatic heterocycles. The highest BCUT2D eigenvalue weighted by Crippen LogP contribution is 2.45. The Morgan fingerprint density at radius 1 is 0.299 bits per heavy atom. The monoisotopic (exact) mass is 1420 g/mol. The molecule has 0 rings (SSSR count). The number of ether oxygens (including phenoxy) is 4. The van der Waals surface area contributed by atoms with Crippen molar-refractivity contribution in [1.29, 1.82) is 0 Å². The first-order valence-corrected chi connectivity index (χ1v) is 43.4. The molecule has 19 heteroatoms. The summed E-state index contributed by atoms with van der Waals surface area (Å²) in [6.07, 6.45) is 55.4. The predicted octanol–water partition coefficient (Wildman–Crippen LogP) is 23.0. The minimum absolute atomic E-state index is 0.107. The molecule has 0 spiro atoms. The molecule has 3 unspecified atom stereocenters. The summed E-state index contributed by atoms with van der Waals surface area (Å²) in [5, 5.41) is 10.6. The van der Waals surface area contributed by atoms with E-state index in [1.165, 1.54) is 205 Å². The molecule has 0 amide bonds. The Balaban J connectivity index is 5.26. The lowest BCUT2D eigenvalue weighted by Crippen LogP contribution is -2.30. The van der Waals surface area contributed by atoms with E-state index in [9.17, 15) is 43.2 Å². The van der Waals surface area contributed by atoms with E-state index in [1.54, 1.807) is 0 Å². The zero-order valence-corrected chi connectivity index (χ0v) is 65.3. The third kappa shape index (κ3) is 70.9. The van der Waals surface area contributed by atoms with Crippen molar-refractivity contribution < 1.29 is 80.2 Å². The van der Waals surface area contributed by atoms with Gasteiger partial charge in [-0.1, -0.05) is 350 Å². The van der Waals surface area contributed by atoms with Gasteiger partial charge in [-0.05, 0) is 43.4 Å². The molecule has 6 atom stereocenters. The lowest BCUT2D eigenvalue weighted by molar-refractivity contribution is -0.161. The summed E-state index contributed by atoms with van der Waals surface area (Å²) in [5.74, 6) is 0.194. The van der Waals surface area contributed by atoms with Crippen LogP contribution in [0.3, 0.4) is 0 Å². The number of carbonyl (C=O) groups is 4. The maximum atomic E-state index is 13.1. The van der Waals surface area contributed by atoms with Gasteiger partial charge in [-0.3, -0.25) is 37.3 Å². The average Bonchev–Trinajstić information content (AvgIpc) is 1.04. The van der Waals surface area contributed by atoms with Crippen molar-refractivity contribution in [1.82, 2.24) is 0 Å². The van der Waals surface area contributed by atoms with Crippen LogP contribution in [-0.2, 0) is 65.4 Å². The lowest BCUT2D eigenvalue weighted by Gasteiger charge is -2.21. The van der Waals surface area contributed by atoms with E-state index in [0.717, 1.165) is 114 Å². The predicted molar refractivity (Wildman–Crippen MR) is 395 cm³/mol. The van der Waals surface area contributed by atoms with Gasteiger partial charge in [0.15, 0.2) is 12.2 Å². The van der Waals surface area contributed by atoms with Crippen molar-refractivity contribution in [2.45, 2.75) is 420 Å². The molecule has 3 N–H and O–H groups in total. The van der Waals surface area contributed by atoms with Gasteiger partial charge in [-0.2, -0.15) is 0 Å². The minimum atomic E-state index is -4.96. The van der Waals surface area contributed by atoms with Crippen LogP contribution in [0.2, 0.25) is 0 Å². The van der Waals surface area contributed by atoms with Gasteiger partial charge in [0.1, 0.15) is 19.3 Å². The number of carbonyl (C=O) groups excluding carboxylic acids is 4. The molecule has 0 saturated heterocycles. The third-order valence-electron chi connectivity index (χ3n) is 18.5. The topological polar surface area (TPSA) is 237 Å². The van der Waals surface area contributed by atoms with Gasteiger partial charge < -0.3 is 33.8 Å². The van der Waals surface area contributed by atoms with Crippen LogP contribution in [0.1, 0.15) is 402 Å². The molecule has 97 heavy (non-hydrogen) atoms. The number of esters is 4. The summed E-state index contributed by atoms with van der Waals surface area (Å²) in [4.78, 5) is 72.9. The molecule has 0 aromatic rings. The second-order valence-electron chi connectivity index (χ2n) is 29.3. The summed E-state index contributed by atoms with van der Waals surface area (Å²) in [7, 11) is -9.92. The fourth-order valence-corrected chi connectivity index (χ4v) is 13.5. The highest BCUT2D eigenvalue weighted by Gasteiger charge is 2.30. The summed E-state index contributed by atoms with van der Waals surface area (Å²) in [6, 6.07) is 0. The maximum absolute atomic E-state index is 13.1. The number of unbranched alkanes of at least 4 members (excludes halogenated alkanes) is 43. The van der Waals surface area contributed by atoms with Gasteiger partial charge in [-0.25, -0.2) is 9.13 Å². The standard InChI is InChI=1S/C78H152O17P2/c1-8-10-11-12-13-14-15-16-17-22-28-33-38-47-54-61-78(83)95-74(66-89-76(81)60-53-46-41-40-44-51-58-71(7)9-2)68-93-97(86,87)91-64-72(79)63-90-96(84,85)92-67-73(94-77(82)62-55-48-39-34-29-24-19-21-26-31-36-43-50-57-70(5)6)65-88-75(80)59-52-45-37-32-27-23-18-20-25-30-35-42-49-56-69(3)4/h69-74,79H,8-68H2,1-7H3,(H,84,85)(H,86,87)/t71?,72-,73-,74-/m1/s1. The molecule has 0 aliphatic carbocycles. The number of hydrogen-bond acceptors (Lipinski definition) is 15. The van der Waals surface area contributed by atoms with Gasteiger partial charge in [0.2, 0.25) is 0 Å². The Morgan fingerprint density at radius 3 is 0.784 bits per heavy atom. The van der Waals surface area contributed by atoms with Crippen molar-refractivity contribution in [3.05, 3.63) is 0 Å². The van der Waals surface area contributed by atoms with Gasteiger partial charge in [0.25, 0.3) is 0 Å². The van der Waals surface area contributed by atoms with E-state index >= 15 is 0 Å². The maximum Gasteiger partial charge on any atom is 0.472 e. The first kappa shape index (κ1) is 95.1. The highest BCUT2D eigenvalue weighted by atomic mass is 31.2. The Kier molecular flexibility index (Phi) is 67.1. The van der Waals surface area contributed by atoms with Crippen molar-refractivity contribution in [2.24, 2.45) is 17.8 Å². The third-order valence-corrected chi connectivity index (χ3v) is 20.4. The fourth-order valence-electron chi connectivity index (χ4n) is 11.9. The number of phosphoric ester groups is 2. The number of aliphatic hydroxyl groups is 1. The molecule has 0 bridgehead atoms. The van der Waals surface area contributed by atoms with Gasteiger partial charge in [0.05, 0.1) is 26.4 Å². The lowest BCUT2D eigenvalue weighted by atomic mass is 10.00. The van der Waals surface area contributed by atoms with Crippen LogP contribution in [0.5, 0.6) is 0 Å². The average molecular weight is 1420 g/mol. The summed E-state index contributed by atoms with van der Waals surface area (Å²) in [6.45, 7) is 11.9. The normalized spacial score (nSPS) is 14.3. The molecular formula is C78H152O17P2. The first-order chi connectivity index (χ1) is 46.8. The molecule has 0 saturated carbocycles. The van der Waals surface area contributed by atoms with Crippen LogP contribution >= 0.6 is 15.6 Å². The molecule has 17 nitrogen and oxygen atoms in total. The van der Waals surface area contributed by atoms with Crippen molar-refractivity contribution >= 4 is 39.5 Å². The van der Waals surface area contributed by atoms with Gasteiger partial charge in [0, 0.05) is 25.7 Å². The molecular weight excluding hydrogens is 1270 g/mol. The summed E-state index contributed by atoms with van der Waals surface area (Å²) in [5.41, 5.74) is 0. The molecule has 0 aromatic carbocycles. The Bertz CT molecular complexity index is 1890. The van der Waals surface area contributed by atoms with E-state index in [0.29, 0.717) is 25.7 Å². The van der Waals surface area contributed by atoms with Gasteiger partial charge >= 0.3 is 39.5 Å². The van der Waals surface area contributed by atoms with Crippen LogP contribution in [0.4, 0.5) is 0 Å². The van der Waals surface area contributed by atoms with E-state index in [1.807, 2.05) is 0 Å². The number of hydrogen-bond donors (Lipinski definition) is 3. The summed E-state index contributed by atoms with van der Waals surface area (Å²) >= 11 is 0. The van der Waals surface area contributed by atoms with E-state index in [2.05, 4.69) is 48.5 Å². The van der Waals surface area contributed by atoms with Crippen molar-refractivity contribution in [3.63, 3.8) is 0 Å². The molecule has 0 heterocycles. The number of rotatable bonds is 76. The highest BCUT2D eigenvalue weighted by molar-refractivity contribution is 7.47. The van der Waals surface area contributed by atoms with Crippen molar-refractivity contribution in [2.75, 3.05) is 39.6 Å². The van der Waals surface area contributed by atoms with Crippen LogP contribution in [0, 0.1) is 17.8 Å². The second kappa shape index (κ2) is 68.5. The van der Waals surface area contributed by atoms with Crippen LogP contribution < -0.4 is 0 Å². The first-order valence-electron chi connectivity index (χ1n) is 40.4. The van der Waals surface area contributed by atoms with Crippen LogP contribution in [-0.4, -0.2) is 96.7 Å². The Hall–Kier alpha value is -1.94. The van der Waals surface area contributed by atoms with Crippen LogP contribution in [0.15, 0.2) is 0 Å². The van der Waals surface area contributed by atoms with Crippen molar-refractivity contribution in [3.8, 4) is 0 Å². The zero-order chi connectivity index (χ0) is 71.6. The molecule has 0 radical (unpaired) electrons. The largest absolute Gasteiger partial charge is 0.472 e. The molecule has 576 valence electrons. The molecule has 0 aliphatic heterocycles. The minimum Gasteiger partial charge on any atom is -0.462 e. The Morgan fingerprint density at radius 2 is 0.526 bits per heavy atom. The Labute approximate surface area is 594 Å². The quantitative estimate of drug-likeness (QED) is 0.0222. The SMILES string of the molecule is CCCCCCCCCCCCCCCCCC(=O)O[C@H](COC(=O)CCCCCCCCC(C)CC)COP(=O)(O)OC[C@H](O)COP(=O)(O)OC[C@@H](COC(=O)CCCCCCCCCCCCCCCC(C)C)OC(=O)CCCCCCCCCCCCCCCC(C)C. The molecule has 0 aliphatic rings. The van der Waals surface area contributed by atoms with E-state index in [-0.39, 0.29) is 25.7 Å². The van der Waals surface area contributed by atoms with E-state index in [4.69, 9.17) is 37.0 Å². The van der Waals surface area contributed by atoms with Crippen LogP contribution in [0.25, 0.3) is 0 Å². The number of aliphatic hydroxyl groups excluding tert-OH is 1. The molecule has 0 fully saturated rings. The van der Waals surface area contributed by atoms with E-state index < -0.39 is 97.5 Å².